The number of hydrogen-bond donors (Lipinski definition) is 1. The van der Waals surface area contributed by atoms with E-state index in [1.165, 1.54) is 5.56 Å². The van der Waals surface area contributed by atoms with Crippen LogP contribution in [0.25, 0.3) is 0 Å². The molecule has 154 valence electrons. The molecule has 0 atom stereocenters. The third kappa shape index (κ3) is 5.37. The molecule has 0 aliphatic carbocycles. The molecule has 1 aliphatic heterocycles. The molecule has 0 radical (unpaired) electrons. The van der Waals surface area contributed by atoms with Crippen molar-refractivity contribution in [1.29, 1.82) is 0 Å². The smallest absolute Gasteiger partial charge is 0.306 e. The number of nitrogens with zero attached hydrogens (tertiary/aromatic N) is 1. The minimum atomic E-state index is -0.769. The van der Waals surface area contributed by atoms with Gasteiger partial charge in [-0.25, -0.2) is 0 Å². The van der Waals surface area contributed by atoms with E-state index < -0.39 is 5.97 Å². The first-order valence-electron chi connectivity index (χ1n) is 10.1. The van der Waals surface area contributed by atoms with Crippen molar-refractivity contribution in [2.24, 2.45) is 5.92 Å². The van der Waals surface area contributed by atoms with Crippen LogP contribution in [0.1, 0.15) is 55.1 Å². The second kappa shape index (κ2) is 8.68. The van der Waals surface area contributed by atoms with E-state index >= 15 is 0 Å². The number of aliphatic carboxylic acids is 1. The summed E-state index contributed by atoms with van der Waals surface area (Å²) in [6, 6.07) is 15.6. The zero-order chi connectivity index (χ0) is 21.0. The first-order valence-corrected chi connectivity index (χ1v) is 10.1. The Morgan fingerprint density at radius 2 is 1.59 bits per heavy atom. The highest BCUT2D eigenvalue weighted by Crippen LogP contribution is 2.25. The molecule has 2 aromatic rings. The van der Waals surface area contributed by atoms with E-state index in [0.29, 0.717) is 38.1 Å². The van der Waals surface area contributed by atoms with Gasteiger partial charge < -0.3 is 14.7 Å². The lowest BCUT2D eigenvalue weighted by Crippen LogP contribution is -2.40. The Labute approximate surface area is 172 Å². The molecular formula is C24H29NO4. The molecule has 1 saturated heterocycles. The molecule has 5 heteroatoms. The Morgan fingerprint density at radius 3 is 2.10 bits per heavy atom. The van der Waals surface area contributed by atoms with Crippen molar-refractivity contribution in [1.82, 2.24) is 4.90 Å². The Balaban J connectivity index is 1.53. The summed E-state index contributed by atoms with van der Waals surface area (Å²) in [4.78, 5) is 25.4. The van der Waals surface area contributed by atoms with Crippen LogP contribution in [0.15, 0.2) is 48.5 Å². The van der Waals surface area contributed by atoms with Crippen LogP contribution in [0.2, 0.25) is 0 Å². The average Bonchev–Trinajstić information content (AvgIpc) is 2.72. The zero-order valence-corrected chi connectivity index (χ0v) is 17.4. The van der Waals surface area contributed by atoms with Crippen molar-refractivity contribution in [3.63, 3.8) is 0 Å². The summed E-state index contributed by atoms with van der Waals surface area (Å²) in [7, 11) is 0. The van der Waals surface area contributed by atoms with Gasteiger partial charge in [0.15, 0.2) is 0 Å². The fourth-order valence-electron chi connectivity index (χ4n) is 3.47. The number of hydrogen-bond acceptors (Lipinski definition) is 3. The fourth-order valence-corrected chi connectivity index (χ4v) is 3.47. The monoisotopic (exact) mass is 395 g/mol. The highest BCUT2D eigenvalue weighted by Gasteiger charge is 2.27. The SMILES string of the molecule is CC(C)(C)c1ccc(OCc2ccc(C(=O)N3CCC(C(=O)O)CC3)cc2)cc1. The lowest BCUT2D eigenvalue weighted by molar-refractivity contribution is -0.143. The lowest BCUT2D eigenvalue weighted by atomic mass is 9.87. The van der Waals surface area contributed by atoms with Gasteiger partial charge in [0.25, 0.3) is 5.91 Å². The quantitative estimate of drug-likeness (QED) is 0.809. The maximum absolute atomic E-state index is 12.6. The van der Waals surface area contributed by atoms with E-state index in [2.05, 4.69) is 32.9 Å². The fraction of sp³-hybridized carbons (Fsp3) is 0.417. The number of carbonyl (C=O) groups is 2. The zero-order valence-electron chi connectivity index (χ0n) is 17.4. The molecule has 0 unspecified atom stereocenters. The topological polar surface area (TPSA) is 66.8 Å². The number of rotatable bonds is 5. The number of carboxylic acids is 1. The third-order valence-electron chi connectivity index (χ3n) is 5.46. The van der Waals surface area contributed by atoms with Gasteiger partial charge in [-0.3, -0.25) is 9.59 Å². The largest absolute Gasteiger partial charge is 0.489 e. The highest BCUT2D eigenvalue weighted by atomic mass is 16.5. The normalized spacial score (nSPS) is 15.2. The summed E-state index contributed by atoms with van der Waals surface area (Å²) >= 11 is 0. The van der Waals surface area contributed by atoms with E-state index in [-0.39, 0.29) is 17.2 Å². The van der Waals surface area contributed by atoms with E-state index in [9.17, 15) is 9.59 Å². The lowest BCUT2D eigenvalue weighted by Gasteiger charge is -2.30. The second-order valence-corrected chi connectivity index (χ2v) is 8.66. The summed E-state index contributed by atoms with van der Waals surface area (Å²) in [6.07, 6.45) is 1.03. The predicted octanol–water partition coefficient (Wildman–Crippen LogP) is 4.50. The summed E-state index contributed by atoms with van der Waals surface area (Å²) in [5.74, 6) is -0.330. The molecule has 0 saturated carbocycles. The van der Waals surface area contributed by atoms with Gasteiger partial charge in [0.1, 0.15) is 12.4 Å². The van der Waals surface area contributed by atoms with Crippen LogP contribution in [0, 0.1) is 5.92 Å². The van der Waals surface area contributed by atoms with Gasteiger partial charge in [-0.05, 0) is 53.6 Å². The molecule has 1 aliphatic rings. The molecule has 1 fully saturated rings. The first-order chi connectivity index (χ1) is 13.7. The van der Waals surface area contributed by atoms with Crippen molar-refractivity contribution in [3.05, 3.63) is 65.2 Å². The predicted molar refractivity (Wildman–Crippen MR) is 112 cm³/mol. The molecule has 1 amide bonds. The van der Waals surface area contributed by atoms with Gasteiger partial charge in [-0.15, -0.1) is 0 Å². The second-order valence-electron chi connectivity index (χ2n) is 8.66. The van der Waals surface area contributed by atoms with Gasteiger partial charge in [-0.2, -0.15) is 0 Å². The molecule has 0 aromatic heterocycles. The number of amides is 1. The van der Waals surface area contributed by atoms with Gasteiger partial charge in [0, 0.05) is 18.7 Å². The number of carbonyl (C=O) groups excluding carboxylic acids is 1. The van der Waals surface area contributed by atoms with Crippen molar-refractivity contribution >= 4 is 11.9 Å². The molecule has 5 nitrogen and oxygen atoms in total. The van der Waals surface area contributed by atoms with Crippen molar-refractivity contribution in [3.8, 4) is 5.75 Å². The summed E-state index contributed by atoms with van der Waals surface area (Å²) in [5.41, 5.74) is 2.99. The number of benzene rings is 2. The molecule has 0 spiro atoms. The van der Waals surface area contributed by atoms with Gasteiger partial charge in [0.05, 0.1) is 5.92 Å². The molecule has 29 heavy (non-hydrogen) atoms. The van der Waals surface area contributed by atoms with Gasteiger partial charge in [0.2, 0.25) is 0 Å². The van der Waals surface area contributed by atoms with E-state index in [4.69, 9.17) is 9.84 Å². The molecule has 0 bridgehead atoms. The Bertz CT molecular complexity index is 842. The number of carboxylic acid groups (broad SMARTS) is 1. The van der Waals surface area contributed by atoms with Crippen LogP contribution in [0.3, 0.4) is 0 Å². The van der Waals surface area contributed by atoms with Crippen molar-refractivity contribution in [2.45, 2.75) is 45.6 Å². The third-order valence-corrected chi connectivity index (χ3v) is 5.46. The molecule has 3 rings (SSSR count). The first kappa shape index (κ1) is 20.9. The standard InChI is InChI=1S/C24H29NO4/c1-24(2,3)20-8-10-21(11-9-20)29-16-17-4-6-18(7-5-17)22(26)25-14-12-19(13-15-25)23(27)28/h4-11,19H,12-16H2,1-3H3,(H,27,28). The van der Waals surface area contributed by atoms with Crippen LogP contribution in [0.4, 0.5) is 0 Å². The summed E-state index contributed by atoms with van der Waals surface area (Å²) in [6.45, 7) is 7.96. The molecule has 2 aromatic carbocycles. The van der Waals surface area contributed by atoms with Crippen LogP contribution in [-0.2, 0) is 16.8 Å². The average molecular weight is 395 g/mol. The number of likely N-dealkylation sites (tertiary alicyclic amines) is 1. The van der Waals surface area contributed by atoms with Crippen molar-refractivity contribution < 1.29 is 19.4 Å². The maximum atomic E-state index is 12.6. The van der Waals surface area contributed by atoms with E-state index in [1.54, 1.807) is 4.90 Å². The van der Waals surface area contributed by atoms with Crippen LogP contribution >= 0.6 is 0 Å². The summed E-state index contributed by atoms with van der Waals surface area (Å²) in [5, 5.41) is 9.08. The minimum Gasteiger partial charge on any atom is -0.489 e. The van der Waals surface area contributed by atoms with Crippen molar-refractivity contribution in [2.75, 3.05) is 13.1 Å². The van der Waals surface area contributed by atoms with Crippen LogP contribution in [0.5, 0.6) is 5.75 Å². The van der Waals surface area contributed by atoms with E-state index in [1.807, 2.05) is 36.4 Å². The van der Waals surface area contributed by atoms with E-state index in [0.717, 1.165) is 11.3 Å². The molecular weight excluding hydrogens is 366 g/mol. The number of piperidine rings is 1. The molecule has 1 N–H and O–H groups in total. The Hall–Kier alpha value is -2.82. The van der Waals surface area contributed by atoms with Crippen LogP contribution < -0.4 is 4.74 Å². The van der Waals surface area contributed by atoms with Gasteiger partial charge >= 0.3 is 5.97 Å². The molecule has 1 heterocycles. The van der Waals surface area contributed by atoms with Crippen LogP contribution in [-0.4, -0.2) is 35.0 Å². The maximum Gasteiger partial charge on any atom is 0.306 e. The number of ether oxygens (including phenoxy) is 1. The highest BCUT2D eigenvalue weighted by molar-refractivity contribution is 5.94. The Morgan fingerprint density at radius 1 is 1.00 bits per heavy atom. The van der Waals surface area contributed by atoms with Gasteiger partial charge in [-0.1, -0.05) is 45.0 Å². The minimum absolute atomic E-state index is 0.0425. The summed E-state index contributed by atoms with van der Waals surface area (Å²) < 4.78 is 5.86. The Kier molecular flexibility index (Phi) is 6.26.